The lowest BCUT2D eigenvalue weighted by Crippen LogP contribution is -2.15. The summed E-state index contributed by atoms with van der Waals surface area (Å²) in [4.78, 5) is 11.6. The number of hydrogen-bond donors (Lipinski definition) is 0. The van der Waals surface area contributed by atoms with Crippen molar-refractivity contribution in [1.82, 2.24) is 0 Å². The van der Waals surface area contributed by atoms with E-state index in [1.807, 2.05) is 13.8 Å². The smallest absolute Gasteiger partial charge is 0.306 e. The maximum Gasteiger partial charge on any atom is 0.306 e. The molecule has 120 valence electrons. The highest BCUT2D eigenvalue weighted by Crippen LogP contribution is 2.09. The first kappa shape index (κ1) is 19.4. The predicted molar refractivity (Wildman–Crippen MR) is 80.9 cm³/mol. The second-order valence-electron chi connectivity index (χ2n) is 5.06. The molecule has 0 aliphatic carbocycles. The third-order valence-corrected chi connectivity index (χ3v) is 3.04. The third kappa shape index (κ3) is 13.8. The molecule has 0 heterocycles. The van der Waals surface area contributed by atoms with E-state index in [-0.39, 0.29) is 12.1 Å². The fourth-order valence-electron chi connectivity index (χ4n) is 1.88. The fourth-order valence-corrected chi connectivity index (χ4v) is 1.88. The van der Waals surface area contributed by atoms with Crippen molar-refractivity contribution in [3.63, 3.8) is 0 Å². The maximum absolute atomic E-state index is 11.6. The van der Waals surface area contributed by atoms with Crippen LogP contribution >= 0.6 is 0 Å². The molecule has 0 bridgehead atoms. The summed E-state index contributed by atoms with van der Waals surface area (Å²) in [7, 11) is 0. The number of unbranched alkanes of at least 4 members (excludes halogenated alkanes) is 3. The normalized spacial score (nSPS) is 12.3. The minimum Gasteiger partial charge on any atom is -0.463 e. The number of rotatable bonds is 14. The molecule has 1 unspecified atom stereocenters. The molecule has 0 aromatic heterocycles. The van der Waals surface area contributed by atoms with Crippen LogP contribution in [-0.2, 0) is 19.0 Å². The maximum atomic E-state index is 11.6. The van der Waals surface area contributed by atoms with Crippen LogP contribution in [0.4, 0.5) is 0 Å². The minimum atomic E-state index is -0.110. The van der Waals surface area contributed by atoms with Gasteiger partial charge < -0.3 is 14.2 Å². The van der Waals surface area contributed by atoms with Crippen LogP contribution in [0.5, 0.6) is 0 Å². The highest BCUT2D eigenvalue weighted by molar-refractivity contribution is 5.69. The van der Waals surface area contributed by atoms with Gasteiger partial charge in [-0.15, -0.1) is 0 Å². The lowest BCUT2D eigenvalue weighted by atomic mass is 10.1. The molecule has 0 aliphatic heterocycles. The average Bonchev–Trinajstić information content (AvgIpc) is 2.42. The van der Waals surface area contributed by atoms with E-state index < -0.39 is 0 Å². The van der Waals surface area contributed by atoms with Crippen LogP contribution in [0.15, 0.2) is 0 Å². The van der Waals surface area contributed by atoms with Gasteiger partial charge in [-0.25, -0.2) is 0 Å². The third-order valence-electron chi connectivity index (χ3n) is 3.04. The van der Waals surface area contributed by atoms with Crippen molar-refractivity contribution >= 4 is 5.97 Å². The quantitative estimate of drug-likeness (QED) is 0.361. The minimum absolute atomic E-state index is 0.0400. The summed E-state index contributed by atoms with van der Waals surface area (Å²) in [5.41, 5.74) is 0. The molecule has 0 aromatic carbocycles. The summed E-state index contributed by atoms with van der Waals surface area (Å²) in [6.07, 6.45) is 7.03. The Kier molecular flexibility index (Phi) is 14.3. The molecule has 0 aliphatic rings. The van der Waals surface area contributed by atoms with Gasteiger partial charge in [0.1, 0.15) is 0 Å². The monoisotopic (exact) mass is 288 g/mol. The van der Waals surface area contributed by atoms with Gasteiger partial charge in [-0.3, -0.25) is 4.79 Å². The molecule has 0 saturated heterocycles. The van der Waals surface area contributed by atoms with Crippen LogP contribution in [-0.4, -0.2) is 38.5 Å². The fraction of sp³-hybridized carbons (Fsp3) is 0.938. The van der Waals surface area contributed by atoms with Crippen LogP contribution in [0.1, 0.15) is 65.7 Å². The molecule has 0 fully saturated rings. The Hall–Kier alpha value is -0.610. The number of esters is 1. The van der Waals surface area contributed by atoms with Gasteiger partial charge in [0.05, 0.1) is 19.3 Å². The molecular formula is C16H32O4. The van der Waals surface area contributed by atoms with Crippen molar-refractivity contribution in [3.8, 4) is 0 Å². The second kappa shape index (κ2) is 14.8. The Morgan fingerprint density at radius 1 is 0.950 bits per heavy atom. The molecule has 4 heteroatoms. The molecule has 0 aromatic rings. The average molecular weight is 288 g/mol. The van der Waals surface area contributed by atoms with Gasteiger partial charge in [0.15, 0.2) is 0 Å². The van der Waals surface area contributed by atoms with Crippen LogP contribution in [0.25, 0.3) is 0 Å². The second-order valence-corrected chi connectivity index (χ2v) is 5.06. The van der Waals surface area contributed by atoms with Crippen molar-refractivity contribution < 1.29 is 19.0 Å². The van der Waals surface area contributed by atoms with Gasteiger partial charge in [-0.1, -0.05) is 26.2 Å². The Bertz CT molecular complexity index is 219. The first-order chi connectivity index (χ1) is 9.70. The van der Waals surface area contributed by atoms with E-state index in [0.29, 0.717) is 39.3 Å². The van der Waals surface area contributed by atoms with Crippen LogP contribution in [0.3, 0.4) is 0 Å². The Balaban J connectivity index is 3.34. The Morgan fingerprint density at radius 2 is 1.70 bits per heavy atom. The zero-order valence-corrected chi connectivity index (χ0v) is 13.5. The molecule has 0 saturated carbocycles. The lowest BCUT2D eigenvalue weighted by Gasteiger charge is -2.13. The molecule has 1 atom stereocenters. The van der Waals surface area contributed by atoms with Crippen molar-refractivity contribution in [2.75, 3.05) is 26.4 Å². The highest BCUT2D eigenvalue weighted by atomic mass is 16.5. The van der Waals surface area contributed by atoms with Crippen molar-refractivity contribution in [2.45, 2.75) is 71.8 Å². The highest BCUT2D eigenvalue weighted by Gasteiger charge is 2.08. The van der Waals surface area contributed by atoms with Crippen molar-refractivity contribution in [2.24, 2.45) is 0 Å². The summed E-state index contributed by atoms with van der Waals surface area (Å²) in [5, 5.41) is 0. The first-order valence-corrected chi connectivity index (χ1v) is 8.05. The summed E-state index contributed by atoms with van der Waals surface area (Å²) < 4.78 is 15.9. The SMILES string of the molecule is CCCCCCC(C)OC(=O)CCCOCCOCC. The zero-order valence-electron chi connectivity index (χ0n) is 13.5. The molecule has 0 N–H and O–H groups in total. The topological polar surface area (TPSA) is 44.8 Å². The molecule has 0 amide bonds. The molecule has 0 radical (unpaired) electrons. The number of carbonyl (C=O) groups is 1. The van der Waals surface area contributed by atoms with Gasteiger partial charge in [0, 0.05) is 19.6 Å². The summed E-state index contributed by atoms with van der Waals surface area (Å²) in [6, 6.07) is 0. The van der Waals surface area contributed by atoms with Crippen molar-refractivity contribution in [3.05, 3.63) is 0 Å². The molecule has 4 nitrogen and oxygen atoms in total. The Labute approximate surface area is 124 Å². The lowest BCUT2D eigenvalue weighted by molar-refractivity contribution is -0.148. The summed E-state index contributed by atoms with van der Waals surface area (Å²) in [6.45, 7) is 8.65. The summed E-state index contributed by atoms with van der Waals surface area (Å²) >= 11 is 0. The van der Waals surface area contributed by atoms with Crippen LogP contribution < -0.4 is 0 Å². The van der Waals surface area contributed by atoms with E-state index in [2.05, 4.69) is 6.92 Å². The summed E-state index contributed by atoms with van der Waals surface area (Å²) in [5.74, 6) is -0.110. The van der Waals surface area contributed by atoms with E-state index in [1.54, 1.807) is 0 Å². The number of carbonyl (C=O) groups excluding carboxylic acids is 1. The zero-order chi connectivity index (χ0) is 15.1. The molecular weight excluding hydrogens is 256 g/mol. The largest absolute Gasteiger partial charge is 0.463 e. The van der Waals surface area contributed by atoms with E-state index >= 15 is 0 Å². The Morgan fingerprint density at radius 3 is 2.40 bits per heavy atom. The molecule has 20 heavy (non-hydrogen) atoms. The standard InChI is InChI=1S/C16H32O4/c1-4-6-7-8-10-15(3)20-16(17)11-9-12-19-14-13-18-5-2/h15H,4-14H2,1-3H3. The molecule has 0 spiro atoms. The first-order valence-electron chi connectivity index (χ1n) is 8.05. The van der Waals surface area contributed by atoms with E-state index in [0.717, 1.165) is 12.8 Å². The van der Waals surface area contributed by atoms with Gasteiger partial charge >= 0.3 is 5.97 Å². The van der Waals surface area contributed by atoms with Crippen LogP contribution in [0.2, 0.25) is 0 Å². The van der Waals surface area contributed by atoms with Gasteiger partial charge in [0.25, 0.3) is 0 Å². The predicted octanol–water partition coefficient (Wildman–Crippen LogP) is 3.72. The van der Waals surface area contributed by atoms with Crippen molar-refractivity contribution in [1.29, 1.82) is 0 Å². The van der Waals surface area contributed by atoms with Crippen LogP contribution in [0, 0.1) is 0 Å². The molecule has 0 rings (SSSR count). The number of hydrogen-bond acceptors (Lipinski definition) is 4. The van der Waals surface area contributed by atoms with Gasteiger partial charge in [-0.2, -0.15) is 0 Å². The van der Waals surface area contributed by atoms with E-state index in [9.17, 15) is 4.79 Å². The van der Waals surface area contributed by atoms with E-state index in [1.165, 1.54) is 19.3 Å². The van der Waals surface area contributed by atoms with E-state index in [4.69, 9.17) is 14.2 Å². The van der Waals surface area contributed by atoms with Gasteiger partial charge in [-0.05, 0) is 33.1 Å². The number of ether oxygens (including phenoxy) is 3. The van der Waals surface area contributed by atoms with Gasteiger partial charge in [0.2, 0.25) is 0 Å².